The van der Waals surface area contributed by atoms with Gasteiger partial charge in [-0.2, -0.15) is 0 Å². The van der Waals surface area contributed by atoms with Gasteiger partial charge in [-0.25, -0.2) is 9.37 Å². The van der Waals surface area contributed by atoms with Gasteiger partial charge in [0.1, 0.15) is 17.7 Å². The Balaban J connectivity index is 2.55. The van der Waals surface area contributed by atoms with Gasteiger partial charge in [0.05, 0.1) is 5.02 Å². The quantitative estimate of drug-likeness (QED) is 0.879. The van der Waals surface area contributed by atoms with E-state index < -0.39 is 11.9 Å². The predicted molar refractivity (Wildman–Crippen MR) is 68.9 cm³/mol. The summed E-state index contributed by atoms with van der Waals surface area (Å²) < 4.78 is 13.8. The molecule has 1 aromatic heterocycles. The Morgan fingerprint density at radius 3 is 2.78 bits per heavy atom. The molecule has 5 heteroatoms. The number of aliphatic hydroxyl groups is 1. The summed E-state index contributed by atoms with van der Waals surface area (Å²) in [5.74, 6) is -0.462. The second kappa shape index (κ2) is 4.92. The molecule has 2 rings (SSSR count). The Bertz CT molecular complexity index is 569. The van der Waals surface area contributed by atoms with E-state index in [4.69, 9.17) is 17.3 Å². The van der Waals surface area contributed by atoms with Crippen LogP contribution in [0.4, 0.5) is 10.2 Å². The van der Waals surface area contributed by atoms with E-state index in [1.807, 2.05) is 0 Å². The molecule has 0 saturated carbocycles. The highest BCUT2D eigenvalue weighted by atomic mass is 35.5. The third kappa shape index (κ3) is 2.17. The third-order valence-corrected chi connectivity index (χ3v) is 3.08. The zero-order valence-electron chi connectivity index (χ0n) is 9.69. The molecular weight excluding hydrogens is 255 g/mol. The molecule has 0 radical (unpaired) electrons. The Morgan fingerprint density at radius 2 is 2.11 bits per heavy atom. The first-order chi connectivity index (χ1) is 8.52. The highest BCUT2D eigenvalue weighted by molar-refractivity contribution is 6.30. The second-order valence-electron chi connectivity index (χ2n) is 3.97. The Hall–Kier alpha value is -1.65. The fraction of sp³-hybridized carbons (Fsp3) is 0.154. The minimum atomic E-state index is -1.18. The lowest BCUT2D eigenvalue weighted by atomic mass is 9.98. The standard InChI is InChI=1S/C13H12ClFN2O/c1-7-5-6-17-13(16)10(7)12(18)8-3-2-4-9(14)11(8)15/h2-6,12,18H,1H3,(H2,16,17). The van der Waals surface area contributed by atoms with E-state index >= 15 is 0 Å². The smallest absolute Gasteiger partial charge is 0.147 e. The van der Waals surface area contributed by atoms with Crippen molar-refractivity contribution in [2.24, 2.45) is 0 Å². The van der Waals surface area contributed by atoms with E-state index in [1.165, 1.54) is 18.3 Å². The fourth-order valence-electron chi connectivity index (χ4n) is 1.83. The van der Waals surface area contributed by atoms with E-state index in [1.54, 1.807) is 19.1 Å². The summed E-state index contributed by atoms with van der Waals surface area (Å²) in [4.78, 5) is 3.90. The monoisotopic (exact) mass is 266 g/mol. The molecule has 1 unspecified atom stereocenters. The first kappa shape index (κ1) is 12.8. The van der Waals surface area contributed by atoms with Gasteiger partial charge >= 0.3 is 0 Å². The lowest BCUT2D eigenvalue weighted by Gasteiger charge is -2.16. The summed E-state index contributed by atoms with van der Waals surface area (Å²) in [5.41, 5.74) is 6.96. The van der Waals surface area contributed by atoms with Gasteiger partial charge in [-0.05, 0) is 24.6 Å². The van der Waals surface area contributed by atoms with E-state index in [0.29, 0.717) is 5.56 Å². The largest absolute Gasteiger partial charge is 0.383 e. The lowest BCUT2D eigenvalue weighted by molar-refractivity contribution is 0.214. The van der Waals surface area contributed by atoms with E-state index in [2.05, 4.69) is 4.98 Å². The van der Waals surface area contributed by atoms with Crippen molar-refractivity contribution in [1.29, 1.82) is 0 Å². The third-order valence-electron chi connectivity index (χ3n) is 2.79. The van der Waals surface area contributed by atoms with Gasteiger partial charge in [0, 0.05) is 17.3 Å². The fourth-order valence-corrected chi connectivity index (χ4v) is 2.02. The highest BCUT2D eigenvalue weighted by Gasteiger charge is 2.21. The van der Waals surface area contributed by atoms with Crippen LogP contribution in [0.3, 0.4) is 0 Å². The average Bonchev–Trinajstić information content (AvgIpc) is 2.32. The van der Waals surface area contributed by atoms with Crippen LogP contribution in [0.25, 0.3) is 0 Å². The van der Waals surface area contributed by atoms with Crippen molar-refractivity contribution in [3.8, 4) is 0 Å². The molecule has 0 aliphatic rings. The number of halogens is 2. The van der Waals surface area contributed by atoms with Crippen LogP contribution in [-0.4, -0.2) is 10.1 Å². The molecule has 3 N–H and O–H groups in total. The summed E-state index contributed by atoms with van der Waals surface area (Å²) in [5, 5.41) is 10.2. The molecule has 0 aliphatic heterocycles. The maximum Gasteiger partial charge on any atom is 0.147 e. The van der Waals surface area contributed by atoms with Gasteiger partial charge in [-0.3, -0.25) is 0 Å². The van der Waals surface area contributed by atoms with E-state index in [-0.39, 0.29) is 16.4 Å². The van der Waals surface area contributed by atoms with Gasteiger partial charge in [0.2, 0.25) is 0 Å². The zero-order valence-corrected chi connectivity index (χ0v) is 10.4. The first-order valence-electron chi connectivity index (χ1n) is 5.35. The van der Waals surface area contributed by atoms with Gasteiger partial charge in [0.15, 0.2) is 0 Å². The van der Waals surface area contributed by atoms with Crippen molar-refractivity contribution in [2.75, 3.05) is 5.73 Å². The summed E-state index contributed by atoms with van der Waals surface area (Å²) in [6.45, 7) is 1.78. The van der Waals surface area contributed by atoms with Crippen molar-refractivity contribution in [3.05, 3.63) is 58.0 Å². The zero-order chi connectivity index (χ0) is 13.3. The molecule has 0 aliphatic carbocycles. The molecule has 1 heterocycles. The minimum Gasteiger partial charge on any atom is -0.383 e. The number of aliphatic hydroxyl groups excluding tert-OH is 1. The van der Waals surface area contributed by atoms with Gasteiger partial charge in [-0.15, -0.1) is 0 Å². The Kier molecular flexibility index (Phi) is 3.50. The SMILES string of the molecule is Cc1ccnc(N)c1C(O)c1cccc(Cl)c1F. The van der Waals surface area contributed by atoms with Crippen molar-refractivity contribution in [3.63, 3.8) is 0 Å². The normalized spacial score (nSPS) is 12.4. The van der Waals surface area contributed by atoms with Crippen LogP contribution in [0.5, 0.6) is 0 Å². The van der Waals surface area contributed by atoms with Gasteiger partial charge in [-0.1, -0.05) is 23.7 Å². The highest BCUT2D eigenvalue weighted by Crippen LogP contribution is 2.31. The molecule has 0 amide bonds. The number of hydrogen-bond donors (Lipinski definition) is 2. The first-order valence-corrected chi connectivity index (χ1v) is 5.73. The predicted octanol–water partition coefficient (Wildman–Crippen LogP) is 2.85. The number of nitrogen functional groups attached to an aromatic ring is 1. The van der Waals surface area contributed by atoms with Crippen LogP contribution in [-0.2, 0) is 0 Å². The second-order valence-corrected chi connectivity index (χ2v) is 4.38. The number of nitrogens with two attached hydrogens (primary N) is 1. The number of aryl methyl sites for hydroxylation is 1. The molecule has 0 spiro atoms. The molecule has 0 bridgehead atoms. The van der Waals surface area contributed by atoms with Gasteiger partial charge in [0.25, 0.3) is 0 Å². The van der Waals surface area contributed by atoms with E-state index in [9.17, 15) is 9.50 Å². The molecule has 18 heavy (non-hydrogen) atoms. The summed E-state index contributed by atoms with van der Waals surface area (Å²) in [6.07, 6.45) is 0.354. The summed E-state index contributed by atoms with van der Waals surface area (Å²) in [7, 11) is 0. The molecule has 0 fully saturated rings. The van der Waals surface area contributed by atoms with Crippen LogP contribution >= 0.6 is 11.6 Å². The van der Waals surface area contributed by atoms with Crippen LogP contribution in [0.2, 0.25) is 5.02 Å². The summed E-state index contributed by atoms with van der Waals surface area (Å²) in [6, 6.07) is 6.17. The van der Waals surface area contributed by atoms with Crippen molar-refractivity contribution in [2.45, 2.75) is 13.0 Å². The van der Waals surface area contributed by atoms with Crippen LogP contribution in [0.1, 0.15) is 22.8 Å². The number of nitrogens with zero attached hydrogens (tertiary/aromatic N) is 1. The Morgan fingerprint density at radius 1 is 1.39 bits per heavy atom. The maximum absolute atomic E-state index is 13.8. The number of aromatic nitrogens is 1. The molecule has 1 atom stereocenters. The minimum absolute atomic E-state index is 0.0355. The molecule has 94 valence electrons. The molecule has 3 nitrogen and oxygen atoms in total. The van der Waals surface area contributed by atoms with Crippen molar-refractivity contribution in [1.82, 2.24) is 4.98 Å². The maximum atomic E-state index is 13.8. The van der Waals surface area contributed by atoms with Crippen LogP contribution in [0, 0.1) is 12.7 Å². The van der Waals surface area contributed by atoms with Gasteiger partial charge < -0.3 is 10.8 Å². The number of rotatable bonds is 2. The number of pyridine rings is 1. The number of hydrogen-bond acceptors (Lipinski definition) is 3. The topological polar surface area (TPSA) is 59.1 Å². The van der Waals surface area contributed by atoms with Crippen molar-refractivity contribution < 1.29 is 9.50 Å². The average molecular weight is 267 g/mol. The molecular formula is C13H12ClFN2O. The molecule has 2 aromatic rings. The number of anilines is 1. The van der Waals surface area contributed by atoms with Crippen LogP contribution < -0.4 is 5.73 Å². The Labute approximate surface area is 109 Å². The summed E-state index contributed by atoms with van der Waals surface area (Å²) >= 11 is 5.69. The van der Waals surface area contributed by atoms with Crippen LogP contribution in [0.15, 0.2) is 30.5 Å². The number of benzene rings is 1. The molecule has 1 aromatic carbocycles. The molecule has 0 saturated heterocycles. The van der Waals surface area contributed by atoms with Crippen molar-refractivity contribution >= 4 is 17.4 Å². The van der Waals surface area contributed by atoms with E-state index in [0.717, 1.165) is 5.56 Å². The lowest BCUT2D eigenvalue weighted by Crippen LogP contribution is -2.09.